The van der Waals surface area contributed by atoms with E-state index in [-0.39, 0.29) is 20.6 Å². The van der Waals surface area contributed by atoms with Crippen LogP contribution in [0.5, 0.6) is 17.2 Å². The van der Waals surface area contributed by atoms with Gasteiger partial charge < -0.3 is 9.84 Å². The Bertz CT molecular complexity index is 5930. The van der Waals surface area contributed by atoms with E-state index >= 15 is 0 Å². The highest BCUT2D eigenvalue weighted by Gasteiger charge is 2.19. The number of imidazole rings is 4. The van der Waals surface area contributed by atoms with E-state index in [0.29, 0.717) is 0 Å². The van der Waals surface area contributed by atoms with Crippen LogP contribution in [0, 0.1) is 0 Å². The Morgan fingerprint density at radius 2 is 0.596 bits per heavy atom. The molecule has 89 heavy (non-hydrogen) atoms. The number of nitrogens with zero attached hydrogens (tertiary/aromatic N) is 12. The van der Waals surface area contributed by atoms with Crippen LogP contribution in [0.15, 0.2) is 248 Å². The minimum atomic E-state index is 0. The second kappa shape index (κ2) is 20.5. The van der Waals surface area contributed by atoms with Crippen LogP contribution in [0.3, 0.4) is 0 Å². The van der Waals surface area contributed by atoms with E-state index in [0.717, 1.165) is 164 Å². The number of hydrogen-bond acceptors (Lipinski definition) is 10. The third-order valence-corrected chi connectivity index (χ3v) is 17.2. The van der Waals surface area contributed by atoms with E-state index in [1.54, 1.807) is 18.3 Å². The lowest BCUT2D eigenvalue weighted by molar-refractivity contribution is 0.476. The number of aromatic nitrogens is 12. The van der Waals surface area contributed by atoms with Gasteiger partial charge in [-0.1, -0.05) is 85.4 Å². The van der Waals surface area contributed by atoms with Crippen molar-refractivity contribution in [3.63, 3.8) is 0 Å². The molecule has 0 fully saturated rings. The van der Waals surface area contributed by atoms with Gasteiger partial charge in [0.25, 0.3) is 0 Å². The fourth-order valence-electron chi connectivity index (χ4n) is 13.0. The fourth-order valence-corrected chi connectivity index (χ4v) is 13.4. The quantitative estimate of drug-likeness (QED) is 0.166. The van der Waals surface area contributed by atoms with Crippen molar-refractivity contribution in [2.45, 2.75) is 14.9 Å². The molecule has 0 atom stereocenters. The van der Waals surface area contributed by atoms with Crippen LogP contribution in [0.1, 0.15) is 14.9 Å². The smallest absolute Gasteiger partial charge is 0.146 e. The summed E-state index contributed by atoms with van der Waals surface area (Å²) in [5.41, 5.74) is 16.1. The van der Waals surface area contributed by atoms with Gasteiger partial charge in [-0.05, 0) is 161 Å². The van der Waals surface area contributed by atoms with Gasteiger partial charge in [0.15, 0.2) is 0 Å². The van der Waals surface area contributed by atoms with Crippen molar-refractivity contribution in [3.05, 3.63) is 248 Å². The Labute approximate surface area is 514 Å². The molecule has 1 N–H and O–H groups in total. The molecule has 0 radical (unpaired) electrons. The second-order valence-corrected chi connectivity index (χ2v) is 22.5. The van der Waals surface area contributed by atoms with Gasteiger partial charge in [0.05, 0.1) is 66.2 Å². The lowest BCUT2D eigenvalue weighted by Gasteiger charge is -2.12. The lowest BCUT2D eigenvalue weighted by Crippen LogP contribution is -1.94. The predicted octanol–water partition coefficient (Wildman–Crippen LogP) is 18.6. The van der Waals surface area contributed by atoms with Crippen LogP contribution in [-0.2, 0) is 0 Å². The number of hydrogen-bond donors (Lipinski definition) is 1. The largest absolute Gasteiger partial charge is 0.508 e. The monoisotopic (exact) mass is 1220 g/mol. The molecule has 12 heterocycles. The van der Waals surface area contributed by atoms with Gasteiger partial charge in [0.1, 0.15) is 39.8 Å². The minimum absolute atomic E-state index is 0. The first-order valence-corrected chi connectivity index (χ1v) is 29.1. The van der Waals surface area contributed by atoms with Crippen LogP contribution in [0.25, 0.3) is 153 Å². The summed E-state index contributed by atoms with van der Waals surface area (Å²) in [7, 11) is 0. The minimum Gasteiger partial charge on any atom is -0.508 e. The van der Waals surface area contributed by atoms with Crippen LogP contribution in [-0.4, -0.2) is 62.6 Å². The molecule has 12 aromatic heterocycles. The number of rotatable bonds is 2. The van der Waals surface area contributed by atoms with Crippen molar-refractivity contribution < 1.29 is 9.84 Å². The van der Waals surface area contributed by atoms with Gasteiger partial charge in [-0.3, -0.25) is 37.5 Å². The summed E-state index contributed by atoms with van der Waals surface area (Å²) in [5, 5.41) is 22.7. The average molecular weight is 1220 g/mol. The molecular weight excluding hydrogens is 1170 g/mol. The fraction of sp³-hybridized carbons (Fsp3) is 0.0270. The van der Waals surface area contributed by atoms with Crippen molar-refractivity contribution in [2.75, 3.05) is 0 Å². The molecule has 20 rings (SSSR count). The maximum atomic E-state index is 9.88. The van der Waals surface area contributed by atoms with E-state index in [1.807, 2.05) is 116 Å². The van der Waals surface area contributed by atoms with E-state index in [1.165, 1.54) is 5.39 Å². The van der Waals surface area contributed by atoms with Crippen LogP contribution >= 0.6 is 15.9 Å². The zero-order chi connectivity index (χ0) is 57.4. The molecule has 0 aliphatic heterocycles. The molecule has 0 spiro atoms. The van der Waals surface area contributed by atoms with Gasteiger partial charge in [-0.15, -0.1) is 0 Å². The molecule has 15 heteroatoms. The maximum Gasteiger partial charge on any atom is 0.146 e. The molecule has 0 aliphatic carbocycles. The standard InChI is InChI=1S/C36H20N6O.C18H10BrN3.C18H11N3O.2CH4/c1-3-7-33-29(5-1)39-35-25-17-21(9-11-23(25)27-19-37-15-13-31(27)41(33)35)43-22-10-12-24-26(18-22)36-40-30-6-2-4-8-34(30)42(36)32-14-16-38-20-28(24)32;19-11-5-6-12-13(9-11)18-21-15-3-1-2-4-17(15)22(18)16-7-8-20-10-14(12)16;22-11-5-6-12-13(9-11)18-20-15-3-1-2-4-17(15)21(18)16-7-8-19-10-14(12)16;;/h1-20H;1-10H;1-10,22H;2*1H4. The van der Waals surface area contributed by atoms with E-state index in [2.05, 4.69) is 163 Å². The highest BCUT2D eigenvalue weighted by atomic mass is 79.9. The first-order chi connectivity index (χ1) is 43.0. The summed E-state index contributed by atoms with van der Waals surface area (Å²) in [6.07, 6.45) is 14.9. The number of fused-ring (bicyclic) bond motifs is 32. The highest BCUT2D eigenvalue weighted by Crippen LogP contribution is 2.40. The van der Waals surface area contributed by atoms with Crippen molar-refractivity contribution in [1.82, 2.24) is 57.5 Å². The van der Waals surface area contributed by atoms with Crippen LogP contribution in [0.4, 0.5) is 0 Å². The topological polar surface area (TPSA) is 150 Å². The highest BCUT2D eigenvalue weighted by molar-refractivity contribution is 9.10. The molecule has 0 aliphatic rings. The zero-order valence-electron chi connectivity index (χ0n) is 45.7. The number of phenolic OH excluding ortho intramolecular Hbond substituents is 1. The Morgan fingerprint density at radius 1 is 0.292 bits per heavy atom. The van der Waals surface area contributed by atoms with Crippen molar-refractivity contribution in [1.29, 1.82) is 0 Å². The molecule has 0 unspecified atom stereocenters. The predicted molar refractivity (Wildman–Crippen MR) is 365 cm³/mol. The van der Waals surface area contributed by atoms with Gasteiger partial charge in [0.2, 0.25) is 0 Å². The Morgan fingerprint density at radius 3 is 0.955 bits per heavy atom. The summed E-state index contributed by atoms with van der Waals surface area (Å²) in [6.45, 7) is 0. The molecular formula is C74H49BrN12O2. The van der Waals surface area contributed by atoms with Crippen molar-refractivity contribution in [2.24, 2.45) is 0 Å². The number of pyridine rings is 8. The molecule has 0 saturated heterocycles. The van der Waals surface area contributed by atoms with Gasteiger partial charge in [0, 0.05) is 97.1 Å². The molecule has 0 bridgehead atoms. The van der Waals surface area contributed by atoms with E-state index in [4.69, 9.17) is 24.7 Å². The zero-order valence-corrected chi connectivity index (χ0v) is 47.3. The number of ether oxygens (including phenoxy) is 1. The lowest BCUT2D eigenvalue weighted by atomic mass is 10.1. The van der Waals surface area contributed by atoms with Crippen molar-refractivity contribution in [3.8, 4) is 17.2 Å². The molecule has 424 valence electrons. The third kappa shape index (κ3) is 8.09. The Hall–Kier alpha value is -11.7. The summed E-state index contributed by atoms with van der Waals surface area (Å²) >= 11 is 3.57. The van der Waals surface area contributed by atoms with Crippen molar-refractivity contribution >= 4 is 169 Å². The van der Waals surface area contributed by atoms with Gasteiger partial charge >= 0.3 is 0 Å². The van der Waals surface area contributed by atoms with Gasteiger partial charge in [-0.25, -0.2) is 19.9 Å². The maximum absolute atomic E-state index is 9.88. The molecule has 8 aromatic carbocycles. The van der Waals surface area contributed by atoms with E-state index < -0.39 is 0 Å². The molecule has 14 nitrogen and oxygen atoms in total. The summed E-state index contributed by atoms with van der Waals surface area (Å²) < 4.78 is 16.4. The SMILES string of the molecule is Brc1ccc2c3cnccc3n3c4ccccc4nc3c2c1.C.C.Oc1ccc2c3cnccc3n3c4ccccc4nc3c2c1.c1ccc2c(c1)nc1c3cc(Oc4ccc5c6cnccc6n6c7ccccc7nc6c5c4)ccc3c3cnccc3n21. The Kier molecular flexibility index (Phi) is 12.2. The number of halogens is 1. The first kappa shape index (κ1) is 52.8. The number of aromatic hydroxyl groups is 1. The summed E-state index contributed by atoms with van der Waals surface area (Å²) in [5.74, 6) is 1.71. The number of phenols is 1. The summed E-state index contributed by atoms with van der Waals surface area (Å²) in [4.78, 5) is 37.1. The number of benzene rings is 8. The van der Waals surface area contributed by atoms with E-state index in [9.17, 15) is 5.11 Å². The molecule has 0 amide bonds. The normalized spacial score (nSPS) is 11.7. The Balaban J connectivity index is 0.000000117. The van der Waals surface area contributed by atoms with Crippen LogP contribution in [0.2, 0.25) is 0 Å². The summed E-state index contributed by atoms with van der Waals surface area (Å²) in [6, 6.07) is 65.0. The van der Waals surface area contributed by atoms with Crippen LogP contribution < -0.4 is 4.74 Å². The average Bonchev–Trinajstić information content (AvgIpc) is 1.77. The second-order valence-electron chi connectivity index (χ2n) is 21.5. The molecule has 0 saturated carbocycles. The molecule has 20 aromatic rings. The number of para-hydroxylation sites is 8. The van der Waals surface area contributed by atoms with Gasteiger partial charge in [-0.2, -0.15) is 0 Å². The third-order valence-electron chi connectivity index (χ3n) is 16.7. The first-order valence-electron chi connectivity index (χ1n) is 28.3.